The van der Waals surface area contributed by atoms with Gasteiger partial charge in [-0.05, 0) is 38.1 Å². The van der Waals surface area contributed by atoms with Crippen LogP contribution in [0.15, 0.2) is 24.3 Å². The molecule has 1 spiro atoms. The van der Waals surface area contributed by atoms with E-state index >= 15 is 0 Å². The summed E-state index contributed by atoms with van der Waals surface area (Å²) < 4.78 is 17.9. The zero-order valence-corrected chi connectivity index (χ0v) is 13.9. The van der Waals surface area contributed by atoms with Gasteiger partial charge in [0.15, 0.2) is 11.5 Å². The molecule has 1 saturated heterocycles. The smallest absolute Gasteiger partial charge is 0.165 e. The van der Waals surface area contributed by atoms with E-state index < -0.39 is 0 Å². The SMILES string of the molecule is COc1ccc2c3c1OC1C(OC)C=CC4C(C2)N(C)CCC341. The van der Waals surface area contributed by atoms with E-state index in [0.29, 0.717) is 12.0 Å². The number of ether oxygens (including phenoxy) is 3. The summed E-state index contributed by atoms with van der Waals surface area (Å²) in [5.74, 6) is 2.32. The number of nitrogens with zero attached hydrogens (tertiary/aromatic N) is 1. The Morgan fingerprint density at radius 1 is 1.26 bits per heavy atom. The first-order valence-electron chi connectivity index (χ1n) is 8.49. The maximum absolute atomic E-state index is 6.52. The first-order valence-corrected chi connectivity index (χ1v) is 8.49. The summed E-state index contributed by atoms with van der Waals surface area (Å²) in [4.78, 5) is 2.52. The number of piperidine rings is 1. The van der Waals surface area contributed by atoms with Gasteiger partial charge in [0.1, 0.15) is 12.2 Å². The minimum Gasteiger partial charge on any atom is -0.493 e. The number of hydrogen-bond donors (Lipinski definition) is 0. The Bertz CT molecular complexity index is 700. The van der Waals surface area contributed by atoms with Crippen LogP contribution in [-0.2, 0) is 16.6 Å². The van der Waals surface area contributed by atoms with Crippen LogP contribution in [0, 0.1) is 5.92 Å². The van der Waals surface area contributed by atoms with E-state index in [4.69, 9.17) is 14.2 Å². The Balaban J connectivity index is 1.80. The van der Waals surface area contributed by atoms with Gasteiger partial charge in [0, 0.05) is 30.0 Å². The molecule has 0 N–H and O–H groups in total. The molecule has 1 aromatic rings. The number of hydrogen-bond acceptors (Lipinski definition) is 4. The number of benzene rings is 1. The van der Waals surface area contributed by atoms with E-state index in [0.717, 1.165) is 30.9 Å². The summed E-state index contributed by atoms with van der Waals surface area (Å²) in [6.45, 7) is 1.11. The van der Waals surface area contributed by atoms with Gasteiger partial charge >= 0.3 is 0 Å². The molecule has 0 radical (unpaired) electrons. The highest BCUT2D eigenvalue weighted by Gasteiger charge is 2.64. The molecular weight excluding hydrogens is 290 g/mol. The zero-order valence-electron chi connectivity index (χ0n) is 13.9. The normalized spacial score (nSPS) is 39.8. The van der Waals surface area contributed by atoms with Gasteiger partial charge in [-0.1, -0.05) is 18.2 Å². The lowest BCUT2D eigenvalue weighted by Crippen LogP contribution is -2.65. The van der Waals surface area contributed by atoms with Gasteiger partial charge in [-0.3, -0.25) is 0 Å². The van der Waals surface area contributed by atoms with Crippen molar-refractivity contribution in [2.45, 2.75) is 36.5 Å². The van der Waals surface area contributed by atoms with E-state index in [-0.39, 0.29) is 17.6 Å². The van der Waals surface area contributed by atoms with Crippen molar-refractivity contribution in [2.24, 2.45) is 5.92 Å². The van der Waals surface area contributed by atoms with E-state index in [1.807, 2.05) is 0 Å². The Morgan fingerprint density at radius 3 is 2.91 bits per heavy atom. The lowest BCUT2D eigenvalue weighted by molar-refractivity contribution is -0.0581. The molecule has 1 fully saturated rings. The second-order valence-corrected chi connectivity index (χ2v) is 7.32. The highest BCUT2D eigenvalue weighted by molar-refractivity contribution is 5.62. The molecule has 5 atom stereocenters. The molecule has 0 saturated carbocycles. The van der Waals surface area contributed by atoms with Crippen LogP contribution in [0.4, 0.5) is 0 Å². The molecule has 0 amide bonds. The van der Waals surface area contributed by atoms with Gasteiger partial charge < -0.3 is 19.1 Å². The van der Waals surface area contributed by atoms with Gasteiger partial charge in [-0.15, -0.1) is 0 Å². The Morgan fingerprint density at radius 2 is 2.13 bits per heavy atom. The number of likely N-dealkylation sites (tertiary alicyclic amines) is 1. The van der Waals surface area contributed by atoms with Crippen LogP contribution in [0.25, 0.3) is 0 Å². The Kier molecular flexibility index (Phi) is 2.73. The quantitative estimate of drug-likeness (QED) is 0.783. The predicted molar refractivity (Wildman–Crippen MR) is 87.3 cm³/mol. The molecule has 23 heavy (non-hydrogen) atoms. The van der Waals surface area contributed by atoms with Crippen molar-refractivity contribution in [3.63, 3.8) is 0 Å². The third-order valence-corrected chi connectivity index (χ3v) is 6.61. The topological polar surface area (TPSA) is 30.9 Å². The van der Waals surface area contributed by atoms with Crippen molar-refractivity contribution in [2.75, 3.05) is 27.8 Å². The molecule has 1 aromatic carbocycles. The summed E-state index contributed by atoms with van der Waals surface area (Å²) in [6.07, 6.45) is 6.89. The maximum atomic E-state index is 6.52. The first kappa shape index (κ1) is 13.9. The minimum atomic E-state index is 0.0124. The highest BCUT2D eigenvalue weighted by atomic mass is 16.6. The summed E-state index contributed by atoms with van der Waals surface area (Å²) >= 11 is 0. The van der Waals surface area contributed by atoms with Crippen LogP contribution in [0.5, 0.6) is 11.5 Å². The molecule has 4 nitrogen and oxygen atoms in total. The molecule has 2 bridgehead atoms. The number of methoxy groups -OCH3 is 2. The second-order valence-electron chi connectivity index (χ2n) is 7.32. The molecule has 5 rings (SSSR count). The number of likely N-dealkylation sites (N-methyl/N-ethyl adjacent to an activating group) is 1. The highest BCUT2D eigenvalue weighted by Crippen LogP contribution is 2.62. The lowest BCUT2D eigenvalue weighted by Gasteiger charge is -2.56. The fourth-order valence-corrected chi connectivity index (χ4v) is 5.57. The summed E-state index contributed by atoms with van der Waals surface area (Å²) in [5, 5.41) is 0. The lowest BCUT2D eigenvalue weighted by atomic mass is 9.53. The van der Waals surface area contributed by atoms with Crippen LogP contribution in [0.2, 0.25) is 0 Å². The molecule has 2 aliphatic carbocycles. The molecule has 2 heterocycles. The average molecular weight is 313 g/mol. The first-order chi connectivity index (χ1) is 11.2. The number of rotatable bonds is 2. The van der Waals surface area contributed by atoms with E-state index in [1.54, 1.807) is 14.2 Å². The van der Waals surface area contributed by atoms with Crippen molar-refractivity contribution in [1.29, 1.82) is 0 Å². The molecule has 4 aliphatic rings. The predicted octanol–water partition coefficient (Wildman–Crippen LogP) is 2.16. The van der Waals surface area contributed by atoms with Crippen molar-refractivity contribution in [3.8, 4) is 11.5 Å². The van der Waals surface area contributed by atoms with Gasteiger partial charge in [0.2, 0.25) is 0 Å². The summed E-state index contributed by atoms with van der Waals surface area (Å²) in [6, 6.07) is 4.86. The minimum absolute atomic E-state index is 0.0124. The molecule has 2 aliphatic heterocycles. The molecule has 122 valence electrons. The van der Waals surface area contributed by atoms with Crippen molar-refractivity contribution >= 4 is 0 Å². The Labute approximate surface area is 137 Å². The molecule has 5 unspecified atom stereocenters. The third kappa shape index (κ3) is 1.49. The molecular formula is C19H23NO3. The van der Waals surface area contributed by atoms with Crippen molar-refractivity contribution in [1.82, 2.24) is 4.90 Å². The van der Waals surface area contributed by atoms with Crippen molar-refractivity contribution < 1.29 is 14.2 Å². The monoisotopic (exact) mass is 313 g/mol. The zero-order chi connectivity index (χ0) is 15.8. The average Bonchev–Trinajstić information content (AvgIpc) is 2.92. The van der Waals surface area contributed by atoms with E-state index in [2.05, 4.69) is 36.2 Å². The van der Waals surface area contributed by atoms with Gasteiger partial charge in [-0.2, -0.15) is 0 Å². The molecule has 4 heteroatoms. The summed E-state index contributed by atoms with van der Waals surface area (Å²) in [5.41, 5.74) is 2.88. The van der Waals surface area contributed by atoms with E-state index in [9.17, 15) is 0 Å². The van der Waals surface area contributed by atoms with Crippen LogP contribution in [-0.4, -0.2) is 51.0 Å². The second kappa shape index (κ2) is 4.52. The van der Waals surface area contributed by atoms with Crippen LogP contribution in [0.3, 0.4) is 0 Å². The fourth-order valence-electron chi connectivity index (χ4n) is 5.57. The maximum Gasteiger partial charge on any atom is 0.165 e. The van der Waals surface area contributed by atoms with E-state index in [1.165, 1.54) is 11.1 Å². The third-order valence-electron chi connectivity index (χ3n) is 6.61. The van der Waals surface area contributed by atoms with Gasteiger partial charge in [-0.25, -0.2) is 0 Å². The van der Waals surface area contributed by atoms with Crippen LogP contribution >= 0.6 is 0 Å². The van der Waals surface area contributed by atoms with Crippen LogP contribution < -0.4 is 9.47 Å². The fraction of sp³-hybridized carbons (Fsp3) is 0.579. The van der Waals surface area contributed by atoms with Crippen LogP contribution in [0.1, 0.15) is 17.5 Å². The van der Waals surface area contributed by atoms with Crippen molar-refractivity contribution in [3.05, 3.63) is 35.4 Å². The van der Waals surface area contributed by atoms with Gasteiger partial charge in [0.05, 0.1) is 7.11 Å². The largest absolute Gasteiger partial charge is 0.493 e. The Hall–Kier alpha value is -1.52. The summed E-state index contributed by atoms with van der Waals surface area (Å²) in [7, 11) is 5.77. The standard InChI is InChI=1S/C19H23NO3/c1-20-9-8-19-12-5-7-15(22-3)18(19)23-17-14(21-2)6-4-11(16(17)19)10-13(12)20/h4-7,12-13,15,18H,8-10H2,1-3H3. The molecule has 0 aromatic heterocycles. The van der Waals surface area contributed by atoms with Gasteiger partial charge in [0.25, 0.3) is 0 Å².